The number of benzene rings is 2. The van der Waals surface area contributed by atoms with Gasteiger partial charge in [0, 0.05) is 49.9 Å². The van der Waals surface area contributed by atoms with Crippen LogP contribution in [0.1, 0.15) is 39.5 Å². The van der Waals surface area contributed by atoms with E-state index in [-0.39, 0.29) is 12.1 Å². The van der Waals surface area contributed by atoms with Crippen LogP contribution in [0.5, 0.6) is 17.2 Å². The first-order chi connectivity index (χ1) is 22.0. The molecule has 13 nitrogen and oxygen atoms in total. The van der Waals surface area contributed by atoms with Gasteiger partial charge in [0.15, 0.2) is 11.5 Å². The maximum Gasteiger partial charge on any atom is 0.321 e. The molecule has 5 rings (SSSR count). The highest BCUT2D eigenvalue weighted by molar-refractivity contribution is 7.85. The number of aromatic nitrogens is 2. The fourth-order valence-electron chi connectivity index (χ4n) is 5.44. The Kier molecular flexibility index (Phi) is 12.6. The number of carbonyl (C=O) groups is 1. The molecular weight excluding hydrogens is 612 g/mol. The van der Waals surface area contributed by atoms with E-state index >= 15 is 0 Å². The van der Waals surface area contributed by atoms with E-state index < -0.39 is 10.1 Å². The number of urea groups is 1. The van der Waals surface area contributed by atoms with E-state index in [1.807, 2.05) is 55.1 Å². The molecule has 2 saturated heterocycles. The lowest BCUT2D eigenvalue weighted by Gasteiger charge is -2.35. The second-order valence-corrected chi connectivity index (χ2v) is 13.1. The van der Waals surface area contributed by atoms with Crippen molar-refractivity contribution in [2.45, 2.75) is 45.6 Å². The molecule has 252 valence electrons. The second kappa shape index (κ2) is 16.6. The van der Waals surface area contributed by atoms with E-state index in [2.05, 4.69) is 25.1 Å². The molecule has 3 aromatic rings. The first-order valence-electron chi connectivity index (χ1n) is 15.7. The fourth-order valence-corrected chi connectivity index (χ4v) is 5.44. The summed E-state index contributed by atoms with van der Waals surface area (Å²) < 4.78 is 43.4. The summed E-state index contributed by atoms with van der Waals surface area (Å²) in [5.41, 5.74) is 1.55. The van der Waals surface area contributed by atoms with Crippen LogP contribution in [0, 0.1) is 0 Å². The molecule has 0 spiro atoms. The average molecular weight is 659 g/mol. The number of methoxy groups -OCH3 is 1. The van der Waals surface area contributed by atoms with Crippen LogP contribution < -0.4 is 24.4 Å². The van der Waals surface area contributed by atoms with Gasteiger partial charge in [0.05, 0.1) is 31.6 Å². The molecule has 0 atom stereocenters. The molecule has 3 heterocycles. The minimum Gasteiger partial charge on any atom is -0.493 e. The standard InChI is InChI=1S/C31H42N6O4.CH4O3S/c1-23(2)41-25-10-8-24(9-11-25)34-31(38)37-17-15-36(16-18-37)30-26-20-28(39-3)29(21-27(26)32-22-33-30)40-19-7-14-35-12-5-4-6-13-35;1-5(2,3)4/h8-11,20-23H,4-7,12-19H2,1-3H3,(H,34,38);1H3,(H,2,3,4). The Morgan fingerprint density at radius 1 is 0.978 bits per heavy atom. The van der Waals surface area contributed by atoms with Gasteiger partial charge >= 0.3 is 6.03 Å². The Labute approximate surface area is 271 Å². The van der Waals surface area contributed by atoms with Crippen molar-refractivity contribution in [2.24, 2.45) is 0 Å². The van der Waals surface area contributed by atoms with Crippen LogP contribution in [0.15, 0.2) is 42.7 Å². The summed E-state index contributed by atoms with van der Waals surface area (Å²) in [7, 11) is -2.01. The summed E-state index contributed by atoms with van der Waals surface area (Å²) in [6.07, 6.45) is 7.34. The number of anilines is 2. The van der Waals surface area contributed by atoms with Crippen molar-refractivity contribution in [3.8, 4) is 17.2 Å². The largest absolute Gasteiger partial charge is 0.493 e. The van der Waals surface area contributed by atoms with Gasteiger partial charge in [0.25, 0.3) is 10.1 Å². The molecule has 2 aromatic carbocycles. The molecular formula is C32H46N6O7S. The summed E-state index contributed by atoms with van der Waals surface area (Å²) >= 11 is 0. The molecule has 14 heteroatoms. The van der Waals surface area contributed by atoms with Crippen LogP contribution in [-0.4, -0.2) is 111 Å². The normalized spacial score (nSPS) is 15.7. The Balaban J connectivity index is 0.000000892. The van der Waals surface area contributed by atoms with Gasteiger partial charge in [0.2, 0.25) is 0 Å². The second-order valence-electron chi connectivity index (χ2n) is 11.7. The van der Waals surface area contributed by atoms with E-state index in [1.54, 1.807) is 13.4 Å². The molecule has 2 N–H and O–H groups in total. The van der Waals surface area contributed by atoms with Gasteiger partial charge in [-0.3, -0.25) is 4.55 Å². The third kappa shape index (κ3) is 10.9. The van der Waals surface area contributed by atoms with Gasteiger partial charge in [-0.15, -0.1) is 0 Å². The van der Waals surface area contributed by atoms with Crippen LogP contribution in [0.2, 0.25) is 0 Å². The molecule has 0 bridgehead atoms. The summed E-state index contributed by atoms with van der Waals surface area (Å²) in [4.78, 5) is 28.6. The third-order valence-electron chi connectivity index (χ3n) is 7.57. The summed E-state index contributed by atoms with van der Waals surface area (Å²) in [5, 5.41) is 3.90. The van der Waals surface area contributed by atoms with Crippen molar-refractivity contribution in [1.29, 1.82) is 0 Å². The number of piperazine rings is 1. The first-order valence-corrected chi connectivity index (χ1v) is 17.5. The maximum absolute atomic E-state index is 12.9. The number of fused-ring (bicyclic) bond motifs is 1. The molecule has 0 saturated carbocycles. The highest BCUT2D eigenvalue weighted by atomic mass is 32.2. The van der Waals surface area contributed by atoms with E-state index in [9.17, 15) is 13.2 Å². The molecule has 2 aliphatic rings. The molecule has 0 radical (unpaired) electrons. The molecule has 0 aliphatic carbocycles. The van der Waals surface area contributed by atoms with E-state index in [0.29, 0.717) is 50.5 Å². The van der Waals surface area contributed by atoms with Gasteiger partial charge in [0.1, 0.15) is 17.9 Å². The van der Waals surface area contributed by atoms with E-state index in [1.165, 1.54) is 32.4 Å². The predicted molar refractivity (Wildman–Crippen MR) is 179 cm³/mol. The minimum atomic E-state index is -3.67. The monoisotopic (exact) mass is 658 g/mol. The highest BCUT2D eigenvalue weighted by Gasteiger charge is 2.24. The average Bonchev–Trinajstić information content (AvgIpc) is 3.03. The van der Waals surface area contributed by atoms with Gasteiger partial charge in [-0.25, -0.2) is 14.8 Å². The zero-order valence-corrected chi connectivity index (χ0v) is 28.0. The Morgan fingerprint density at radius 2 is 1.65 bits per heavy atom. The van der Waals surface area contributed by atoms with E-state index in [4.69, 9.17) is 18.8 Å². The Hall–Kier alpha value is -3.88. The van der Waals surface area contributed by atoms with Crippen molar-refractivity contribution < 1.29 is 32.0 Å². The highest BCUT2D eigenvalue weighted by Crippen LogP contribution is 2.35. The summed E-state index contributed by atoms with van der Waals surface area (Å²) in [6.45, 7) is 10.6. The minimum absolute atomic E-state index is 0.106. The van der Waals surface area contributed by atoms with Crippen LogP contribution in [0.3, 0.4) is 0 Å². The van der Waals surface area contributed by atoms with Crippen molar-refractivity contribution in [2.75, 3.05) is 76.0 Å². The summed E-state index contributed by atoms with van der Waals surface area (Å²) in [5.74, 6) is 3.00. The van der Waals surface area contributed by atoms with Gasteiger partial charge in [-0.05, 0) is 76.5 Å². The zero-order chi connectivity index (χ0) is 33.1. The van der Waals surface area contributed by atoms with Gasteiger partial charge < -0.3 is 34.2 Å². The first kappa shape index (κ1) is 35.0. The van der Waals surface area contributed by atoms with Gasteiger partial charge in [-0.1, -0.05) is 6.42 Å². The zero-order valence-electron chi connectivity index (χ0n) is 27.1. The number of piperidine rings is 1. The lowest BCUT2D eigenvalue weighted by Crippen LogP contribution is -2.50. The number of likely N-dealkylation sites (tertiary alicyclic amines) is 1. The number of nitrogens with one attached hydrogen (secondary N) is 1. The van der Waals surface area contributed by atoms with Crippen molar-refractivity contribution in [1.82, 2.24) is 19.8 Å². The molecule has 2 amide bonds. The number of rotatable bonds is 10. The molecule has 2 aliphatic heterocycles. The quantitative estimate of drug-likeness (QED) is 0.234. The number of nitrogens with zero attached hydrogens (tertiary/aromatic N) is 5. The fraction of sp³-hybridized carbons (Fsp3) is 0.531. The van der Waals surface area contributed by atoms with Crippen LogP contribution in [0.4, 0.5) is 16.3 Å². The number of amides is 2. The Bertz CT molecular complexity index is 1520. The summed E-state index contributed by atoms with van der Waals surface area (Å²) in [6, 6.07) is 11.3. The van der Waals surface area contributed by atoms with Crippen molar-refractivity contribution in [3.63, 3.8) is 0 Å². The van der Waals surface area contributed by atoms with Crippen molar-refractivity contribution >= 4 is 38.6 Å². The number of hydrogen-bond acceptors (Lipinski definition) is 10. The van der Waals surface area contributed by atoms with E-state index in [0.717, 1.165) is 41.1 Å². The maximum atomic E-state index is 12.9. The lowest BCUT2D eigenvalue weighted by atomic mass is 10.1. The van der Waals surface area contributed by atoms with Crippen LogP contribution >= 0.6 is 0 Å². The SMILES string of the molecule is COc1cc2c(N3CCN(C(=O)Nc4ccc(OC(C)C)cc4)CC3)ncnc2cc1OCCCN1CCCCC1.CS(=O)(=O)O. The smallest absolute Gasteiger partial charge is 0.321 e. The predicted octanol–water partition coefficient (Wildman–Crippen LogP) is 4.54. The Morgan fingerprint density at radius 3 is 2.28 bits per heavy atom. The molecule has 1 aromatic heterocycles. The third-order valence-corrected chi connectivity index (χ3v) is 7.57. The number of hydrogen-bond donors (Lipinski definition) is 2. The molecule has 0 unspecified atom stereocenters. The topological polar surface area (TPSA) is 147 Å². The van der Waals surface area contributed by atoms with Crippen LogP contribution in [0.25, 0.3) is 10.9 Å². The lowest BCUT2D eigenvalue weighted by molar-refractivity contribution is 0.203. The number of carbonyl (C=O) groups excluding carboxylic acids is 1. The van der Waals surface area contributed by atoms with Crippen LogP contribution in [-0.2, 0) is 10.1 Å². The molecule has 2 fully saturated rings. The van der Waals surface area contributed by atoms with Crippen molar-refractivity contribution in [3.05, 3.63) is 42.7 Å². The number of ether oxygens (including phenoxy) is 3. The molecule has 46 heavy (non-hydrogen) atoms. The van der Waals surface area contributed by atoms with Gasteiger partial charge in [-0.2, -0.15) is 8.42 Å².